The van der Waals surface area contributed by atoms with Gasteiger partial charge < -0.3 is 14.5 Å². The van der Waals surface area contributed by atoms with E-state index in [1.807, 2.05) is 29.8 Å². The van der Waals surface area contributed by atoms with Crippen LogP contribution in [0.1, 0.15) is 72.8 Å². The van der Waals surface area contributed by atoms with Gasteiger partial charge in [-0.1, -0.05) is 19.1 Å². The van der Waals surface area contributed by atoms with E-state index in [1.165, 1.54) is 25.1 Å². The van der Waals surface area contributed by atoms with Crippen molar-refractivity contribution in [3.63, 3.8) is 0 Å². The van der Waals surface area contributed by atoms with Gasteiger partial charge in [-0.3, -0.25) is 14.5 Å². The molecule has 2 aromatic heterocycles. The van der Waals surface area contributed by atoms with Gasteiger partial charge in [0.1, 0.15) is 24.3 Å². The van der Waals surface area contributed by atoms with Gasteiger partial charge in [0.05, 0.1) is 5.41 Å². The van der Waals surface area contributed by atoms with E-state index >= 15 is 0 Å². The number of piperidine rings is 1. The molecule has 3 heterocycles. The normalized spacial score (nSPS) is 21.4. The van der Waals surface area contributed by atoms with E-state index in [-0.39, 0.29) is 11.0 Å². The van der Waals surface area contributed by atoms with Gasteiger partial charge in [0, 0.05) is 32.0 Å². The molecule has 0 bridgehead atoms. The highest BCUT2D eigenvalue weighted by atomic mass is 19.4. The van der Waals surface area contributed by atoms with Gasteiger partial charge in [0.2, 0.25) is 0 Å². The summed E-state index contributed by atoms with van der Waals surface area (Å²) in [5.41, 5.74) is 0.735. The van der Waals surface area contributed by atoms with Crippen molar-refractivity contribution >= 4 is 11.6 Å². The molecule has 2 aliphatic carbocycles. The van der Waals surface area contributed by atoms with E-state index in [0.29, 0.717) is 33.7 Å². The molecule has 1 aromatic carbocycles. The van der Waals surface area contributed by atoms with Crippen LogP contribution in [0.3, 0.4) is 0 Å². The lowest BCUT2D eigenvalue weighted by atomic mass is 9.56. The summed E-state index contributed by atoms with van der Waals surface area (Å²) in [4.78, 5) is 28.7. The number of anilines is 1. The molecule has 11 heteroatoms. The quantitative estimate of drug-likeness (QED) is 0.439. The molecule has 1 N–H and O–H groups in total. The molecular weight excluding hydrogens is 533 g/mol. The van der Waals surface area contributed by atoms with Crippen molar-refractivity contribution in [2.75, 3.05) is 18.4 Å². The third-order valence-electron chi connectivity index (χ3n) is 9.01. The number of hydrogen-bond acceptors (Lipinski definition) is 5. The molecule has 1 saturated heterocycles. The number of nitrogens with zero attached hydrogens (tertiary/aromatic N) is 5. The molecule has 0 radical (unpaired) electrons. The molecule has 1 amide bonds. The molecule has 2 saturated carbocycles. The second-order valence-corrected chi connectivity index (χ2v) is 12.5. The Kier molecular flexibility index (Phi) is 6.83. The number of carbonyl (C=O) groups excluding carboxylic acids is 1. The number of aryl methyl sites for hydroxylation is 1. The summed E-state index contributed by atoms with van der Waals surface area (Å²) < 4.78 is 42.6. The smallest absolute Gasteiger partial charge is 0.322 e. The van der Waals surface area contributed by atoms with E-state index in [4.69, 9.17) is 0 Å². The number of halogens is 3. The number of nitrogens with one attached hydrogen (secondary N) is 1. The second-order valence-electron chi connectivity index (χ2n) is 12.5. The van der Waals surface area contributed by atoms with Crippen molar-refractivity contribution in [3.05, 3.63) is 75.7 Å². The average Bonchev–Trinajstić information content (AvgIpc) is 3.56. The fourth-order valence-corrected chi connectivity index (χ4v) is 7.01. The Morgan fingerprint density at radius 2 is 1.98 bits per heavy atom. The van der Waals surface area contributed by atoms with Crippen LogP contribution in [0.4, 0.5) is 18.9 Å². The molecule has 0 unspecified atom stereocenters. The van der Waals surface area contributed by atoms with Crippen LogP contribution in [0.15, 0.2) is 47.7 Å². The molecule has 6 rings (SSSR count). The summed E-state index contributed by atoms with van der Waals surface area (Å²) in [5, 5.41) is 11.3. The SMILES string of the molecule is C[C@H]1CCCN(Cc2cc(C(=O)Nc3cccc(C4(c5nncn5C)CC5(CC5)C4)c3)c(=O)n(CC(F)(F)F)c2)C1. The van der Waals surface area contributed by atoms with Crippen molar-refractivity contribution < 1.29 is 18.0 Å². The molecule has 3 aromatic rings. The van der Waals surface area contributed by atoms with Crippen LogP contribution in [-0.4, -0.2) is 49.4 Å². The Morgan fingerprint density at radius 1 is 1.20 bits per heavy atom. The zero-order valence-electron chi connectivity index (χ0n) is 23.4. The lowest BCUT2D eigenvalue weighted by Gasteiger charge is -2.48. The van der Waals surface area contributed by atoms with Gasteiger partial charge in [-0.15, -0.1) is 10.2 Å². The van der Waals surface area contributed by atoms with Crippen molar-refractivity contribution in [2.45, 2.75) is 70.1 Å². The maximum Gasteiger partial charge on any atom is 0.406 e. The van der Waals surface area contributed by atoms with Crippen LogP contribution in [0, 0.1) is 11.3 Å². The minimum atomic E-state index is -4.60. The first-order valence-corrected chi connectivity index (χ1v) is 14.2. The van der Waals surface area contributed by atoms with Gasteiger partial charge in [-0.05, 0) is 85.7 Å². The highest BCUT2D eigenvalue weighted by molar-refractivity contribution is 6.04. The first kappa shape index (κ1) is 27.7. The predicted molar refractivity (Wildman–Crippen MR) is 148 cm³/mol. The molecule has 1 aliphatic heterocycles. The number of alkyl halides is 3. The van der Waals surface area contributed by atoms with Crippen molar-refractivity contribution in [1.29, 1.82) is 0 Å². The minimum Gasteiger partial charge on any atom is -0.322 e. The number of hydrogen-bond donors (Lipinski definition) is 1. The number of pyridine rings is 1. The molecule has 8 nitrogen and oxygen atoms in total. The summed E-state index contributed by atoms with van der Waals surface area (Å²) in [5.74, 6) is 0.625. The topological polar surface area (TPSA) is 85.1 Å². The van der Waals surface area contributed by atoms with E-state index in [0.717, 1.165) is 50.2 Å². The molecule has 3 aliphatic rings. The zero-order valence-corrected chi connectivity index (χ0v) is 23.4. The largest absolute Gasteiger partial charge is 0.406 e. The maximum absolute atomic E-state index is 13.4. The molecule has 1 atom stereocenters. The monoisotopic (exact) mass is 568 g/mol. The minimum absolute atomic E-state index is 0.300. The highest BCUT2D eigenvalue weighted by Crippen LogP contribution is 2.70. The van der Waals surface area contributed by atoms with Gasteiger partial charge in [0.25, 0.3) is 11.5 Å². The van der Waals surface area contributed by atoms with Gasteiger partial charge in [0.15, 0.2) is 0 Å². The Morgan fingerprint density at radius 3 is 2.63 bits per heavy atom. The standard InChI is InChI=1S/C30H35F3N6O2/c1-20-5-4-10-38(13-20)14-21-11-24(26(41)39(15-21)18-30(31,32)33)25(40)35-23-7-3-6-22(12-23)29(16-28(17-29)8-9-28)27-36-34-19-37(27)2/h3,6-7,11-12,15,19-20H,4-5,8-10,13-14,16-18H2,1-2H3,(H,35,40)/t20-/m0/s1. The number of rotatable bonds is 7. The average molecular weight is 569 g/mol. The number of likely N-dealkylation sites (tertiary alicyclic amines) is 1. The highest BCUT2D eigenvalue weighted by Gasteiger charge is 2.63. The van der Waals surface area contributed by atoms with Gasteiger partial charge in [-0.2, -0.15) is 13.2 Å². The van der Waals surface area contributed by atoms with Crippen LogP contribution < -0.4 is 10.9 Å². The first-order valence-electron chi connectivity index (χ1n) is 14.2. The number of carbonyl (C=O) groups is 1. The summed E-state index contributed by atoms with van der Waals surface area (Å²) >= 11 is 0. The van der Waals surface area contributed by atoms with E-state index in [9.17, 15) is 22.8 Å². The van der Waals surface area contributed by atoms with Crippen LogP contribution in [-0.2, 0) is 25.6 Å². The second kappa shape index (κ2) is 10.1. The zero-order chi connectivity index (χ0) is 29.0. The van der Waals surface area contributed by atoms with E-state index in [2.05, 4.69) is 27.3 Å². The van der Waals surface area contributed by atoms with Crippen LogP contribution in [0.5, 0.6) is 0 Å². The van der Waals surface area contributed by atoms with Gasteiger partial charge in [-0.25, -0.2) is 0 Å². The van der Waals surface area contributed by atoms with Crippen LogP contribution in [0.2, 0.25) is 0 Å². The number of amides is 1. The Bertz CT molecular complexity index is 1510. The maximum atomic E-state index is 13.4. The molecule has 41 heavy (non-hydrogen) atoms. The van der Waals surface area contributed by atoms with E-state index < -0.39 is 24.2 Å². The van der Waals surface area contributed by atoms with E-state index in [1.54, 1.807) is 12.4 Å². The van der Waals surface area contributed by atoms with Crippen molar-refractivity contribution in [1.82, 2.24) is 24.2 Å². The number of benzene rings is 1. The molecule has 1 spiro atoms. The predicted octanol–water partition coefficient (Wildman–Crippen LogP) is 4.88. The number of aromatic nitrogens is 4. The van der Waals surface area contributed by atoms with Crippen LogP contribution in [0.25, 0.3) is 0 Å². The summed E-state index contributed by atoms with van der Waals surface area (Å²) in [6.07, 6.45) is 4.72. The summed E-state index contributed by atoms with van der Waals surface area (Å²) in [6, 6.07) is 8.91. The Labute approximate surface area is 236 Å². The lowest BCUT2D eigenvalue weighted by Crippen LogP contribution is -2.45. The fraction of sp³-hybridized carbons (Fsp3) is 0.533. The third-order valence-corrected chi connectivity index (χ3v) is 9.01. The third kappa shape index (κ3) is 5.56. The van der Waals surface area contributed by atoms with Gasteiger partial charge >= 0.3 is 6.18 Å². The summed E-state index contributed by atoms with van der Waals surface area (Å²) in [7, 11) is 1.92. The van der Waals surface area contributed by atoms with Crippen LogP contribution >= 0.6 is 0 Å². The van der Waals surface area contributed by atoms with Crippen molar-refractivity contribution in [3.8, 4) is 0 Å². The first-order chi connectivity index (χ1) is 19.5. The molecule has 218 valence electrons. The molecule has 3 fully saturated rings. The molecular formula is C30H35F3N6O2. The van der Waals surface area contributed by atoms with Crippen molar-refractivity contribution in [2.24, 2.45) is 18.4 Å². The summed E-state index contributed by atoms with van der Waals surface area (Å²) in [6.45, 7) is 2.72. The Hall–Kier alpha value is -3.47. The lowest BCUT2D eigenvalue weighted by molar-refractivity contribution is -0.141. The fourth-order valence-electron chi connectivity index (χ4n) is 7.01. The Balaban J connectivity index is 1.29.